The first-order valence-corrected chi connectivity index (χ1v) is 10.1. The third-order valence-corrected chi connectivity index (χ3v) is 5.73. The monoisotopic (exact) mass is 399 g/mol. The molecule has 0 radical (unpaired) electrons. The highest BCUT2D eigenvalue weighted by Gasteiger charge is 2.26. The first-order chi connectivity index (χ1) is 14.0. The Morgan fingerprint density at radius 2 is 1.97 bits per heavy atom. The lowest BCUT2D eigenvalue weighted by Crippen LogP contribution is -2.49. The molecule has 1 amide bonds. The van der Waals surface area contributed by atoms with Crippen LogP contribution in [0.2, 0.25) is 0 Å². The Hall–Kier alpha value is -2.74. The van der Waals surface area contributed by atoms with Gasteiger partial charge in [-0.1, -0.05) is 0 Å². The second-order valence-corrected chi connectivity index (χ2v) is 7.68. The number of halogens is 1. The number of carbonyl (C=O) groups excluding carboxylic acids is 2. The summed E-state index contributed by atoms with van der Waals surface area (Å²) in [7, 11) is 0. The molecule has 0 spiro atoms. The number of nitrogens with one attached hydrogen (secondary N) is 1. The van der Waals surface area contributed by atoms with E-state index in [4.69, 9.17) is 0 Å². The number of rotatable bonds is 4. The summed E-state index contributed by atoms with van der Waals surface area (Å²) in [6, 6.07) is 6.64. The summed E-state index contributed by atoms with van der Waals surface area (Å²) in [6.45, 7) is 5.42. The highest BCUT2D eigenvalue weighted by molar-refractivity contribution is 5.94. The molecule has 1 unspecified atom stereocenters. The van der Waals surface area contributed by atoms with E-state index >= 15 is 0 Å². The zero-order chi connectivity index (χ0) is 20.4. The van der Waals surface area contributed by atoms with Crippen LogP contribution in [0.25, 0.3) is 0 Å². The largest absolute Gasteiger partial charge is 0.366 e. The first-order valence-electron chi connectivity index (χ1n) is 10.1. The van der Waals surface area contributed by atoms with Gasteiger partial charge in [0.2, 0.25) is 0 Å². The number of anilines is 1. The van der Waals surface area contributed by atoms with Crippen molar-refractivity contribution in [2.75, 3.05) is 44.2 Å². The van der Waals surface area contributed by atoms with Crippen molar-refractivity contribution in [2.45, 2.75) is 25.8 Å². The Balaban J connectivity index is 1.37. The van der Waals surface area contributed by atoms with E-state index in [2.05, 4.69) is 10.4 Å². The lowest BCUT2D eigenvalue weighted by molar-refractivity contribution is 0.0739. The summed E-state index contributed by atoms with van der Waals surface area (Å²) in [5.74, 6) is -0.647. The number of Topliss-reactive ketones (excluding diaryl/α,β-unsaturated/α-hetero) is 1. The van der Waals surface area contributed by atoms with E-state index in [-0.39, 0.29) is 11.7 Å². The highest BCUT2D eigenvalue weighted by atomic mass is 19.1. The summed E-state index contributed by atoms with van der Waals surface area (Å²) >= 11 is 0. The summed E-state index contributed by atoms with van der Waals surface area (Å²) in [5, 5.41) is 7.87. The van der Waals surface area contributed by atoms with E-state index in [0.29, 0.717) is 49.2 Å². The minimum atomic E-state index is -0.405. The molecule has 29 heavy (non-hydrogen) atoms. The quantitative estimate of drug-likeness (QED) is 0.798. The standard InChI is InChI=1S/C21H26FN5O2/c1-15(28)16-4-5-20(18(22)13-16)25-9-11-26(12-10-25)21(29)19-6-8-27(24-19)17-3-2-7-23-14-17/h4-6,8,13,17,23H,2-3,7,9-12,14H2,1H3. The molecule has 154 valence electrons. The lowest BCUT2D eigenvalue weighted by Gasteiger charge is -2.36. The van der Waals surface area contributed by atoms with Crippen LogP contribution >= 0.6 is 0 Å². The van der Waals surface area contributed by atoms with Crippen molar-refractivity contribution in [3.63, 3.8) is 0 Å². The van der Waals surface area contributed by atoms with E-state index in [1.165, 1.54) is 13.0 Å². The molecule has 3 heterocycles. The second kappa shape index (κ2) is 8.32. The number of piperidine rings is 1. The zero-order valence-electron chi connectivity index (χ0n) is 16.6. The molecule has 1 atom stereocenters. The van der Waals surface area contributed by atoms with E-state index in [1.54, 1.807) is 23.1 Å². The van der Waals surface area contributed by atoms with Crippen LogP contribution in [0.3, 0.4) is 0 Å². The van der Waals surface area contributed by atoms with E-state index < -0.39 is 5.82 Å². The summed E-state index contributed by atoms with van der Waals surface area (Å²) < 4.78 is 16.3. The smallest absolute Gasteiger partial charge is 0.274 e. The highest BCUT2D eigenvalue weighted by Crippen LogP contribution is 2.23. The van der Waals surface area contributed by atoms with Crippen LogP contribution in [0.1, 0.15) is 46.7 Å². The maximum Gasteiger partial charge on any atom is 0.274 e. The number of amides is 1. The van der Waals surface area contributed by atoms with E-state index in [1.807, 2.05) is 15.8 Å². The molecular weight excluding hydrogens is 373 g/mol. The molecule has 0 saturated carbocycles. The fourth-order valence-electron chi connectivity index (χ4n) is 4.01. The molecule has 1 N–H and O–H groups in total. The number of hydrogen-bond donors (Lipinski definition) is 1. The maximum atomic E-state index is 14.4. The molecule has 0 aliphatic carbocycles. The SMILES string of the molecule is CC(=O)c1ccc(N2CCN(C(=O)c3ccn(C4CCCNC4)n3)CC2)c(F)c1. The van der Waals surface area contributed by atoms with Gasteiger partial charge < -0.3 is 15.1 Å². The topological polar surface area (TPSA) is 70.5 Å². The molecule has 4 rings (SSSR count). The van der Waals surface area contributed by atoms with Crippen LogP contribution < -0.4 is 10.2 Å². The summed E-state index contributed by atoms with van der Waals surface area (Å²) in [4.78, 5) is 27.9. The molecule has 2 aromatic rings. The molecule has 1 aromatic carbocycles. The molecule has 2 fully saturated rings. The molecule has 2 aliphatic heterocycles. The number of aromatic nitrogens is 2. The number of carbonyl (C=O) groups is 2. The van der Waals surface area contributed by atoms with Gasteiger partial charge in [-0.3, -0.25) is 14.3 Å². The van der Waals surface area contributed by atoms with Crippen molar-refractivity contribution < 1.29 is 14.0 Å². The van der Waals surface area contributed by atoms with Gasteiger partial charge in [-0.25, -0.2) is 4.39 Å². The van der Waals surface area contributed by atoms with Crippen molar-refractivity contribution in [1.29, 1.82) is 0 Å². The van der Waals surface area contributed by atoms with Crippen LogP contribution in [0.15, 0.2) is 30.5 Å². The minimum Gasteiger partial charge on any atom is -0.366 e. The van der Waals surface area contributed by atoms with Gasteiger partial charge in [0.1, 0.15) is 11.5 Å². The number of nitrogens with zero attached hydrogens (tertiary/aromatic N) is 4. The number of ketones is 1. The van der Waals surface area contributed by atoms with Crippen LogP contribution in [-0.2, 0) is 0 Å². The average molecular weight is 399 g/mol. The molecule has 2 aliphatic rings. The van der Waals surface area contributed by atoms with Crippen molar-refractivity contribution in [3.8, 4) is 0 Å². The Morgan fingerprint density at radius 1 is 1.17 bits per heavy atom. The van der Waals surface area contributed by atoms with Crippen molar-refractivity contribution in [2.24, 2.45) is 0 Å². The van der Waals surface area contributed by atoms with Gasteiger partial charge in [0, 0.05) is 44.5 Å². The predicted molar refractivity (Wildman–Crippen MR) is 108 cm³/mol. The van der Waals surface area contributed by atoms with E-state index in [0.717, 1.165) is 25.9 Å². The molecule has 2 saturated heterocycles. The van der Waals surface area contributed by atoms with Crippen molar-refractivity contribution in [1.82, 2.24) is 20.0 Å². The summed E-state index contributed by atoms with van der Waals surface area (Å²) in [6.07, 6.45) is 4.06. The average Bonchev–Trinajstić information content (AvgIpc) is 3.24. The fraction of sp³-hybridized carbons (Fsp3) is 0.476. The van der Waals surface area contributed by atoms with Gasteiger partial charge in [-0.2, -0.15) is 5.10 Å². The predicted octanol–water partition coefficient (Wildman–Crippen LogP) is 2.11. The normalized spacial score (nSPS) is 20.0. The maximum absolute atomic E-state index is 14.4. The Morgan fingerprint density at radius 3 is 2.62 bits per heavy atom. The number of hydrogen-bond acceptors (Lipinski definition) is 5. The molecule has 0 bridgehead atoms. The van der Waals surface area contributed by atoms with Crippen LogP contribution in [-0.4, -0.2) is 65.6 Å². The van der Waals surface area contributed by atoms with Gasteiger partial charge in [0.25, 0.3) is 5.91 Å². The van der Waals surface area contributed by atoms with Crippen LogP contribution in [0, 0.1) is 5.82 Å². The van der Waals surface area contributed by atoms with Gasteiger partial charge in [0.15, 0.2) is 5.78 Å². The first kappa shape index (κ1) is 19.6. The van der Waals surface area contributed by atoms with E-state index in [9.17, 15) is 14.0 Å². The Bertz CT molecular complexity index is 898. The number of piperazine rings is 1. The van der Waals surface area contributed by atoms with Crippen molar-refractivity contribution >= 4 is 17.4 Å². The van der Waals surface area contributed by atoms with Gasteiger partial charge in [-0.15, -0.1) is 0 Å². The fourth-order valence-corrected chi connectivity index (χ4v) is 4.01. The lowest BCUT2D eigenvalue weighted by atomic mass is 10.1. The Kier molecular flexibility index (Phi) is 5.62. The summed E-state index contributed by atoms with van der Waals surface area (Å²) in [5.41, 5.74) is 1.29. The molecule has 1 aromatic heterocycles. The molecular formula is C21H26FN5O2. The van der Waals surface area contributed by atoms with Gasteiger partial charge >= 0.3 is 0 Å². The minimum absolute atomic E-state index is 0.0837. The second-order valence-electron chi connectivity index (χ2n) is 7.68. The Labute approximate surface area is 169 Å². The molecule has 7 nitrogen and oxygen atoms in total. The van der Waals surface area contributed by atoms with Crippen molar-refractivity contribution in [3.05, 3.63) is 47.5 Å². The number of benzene rings is 1. The zero-order valence-corrected chi connectivity index (χ0v) is 16.6. The third kappa shape index (κ3) is 4.17. The molecule has 8 heteroatoms. The third-order valence-electron chi connectivity index (χ3n) is 5.73. The van der Waals surface area contributed by atoms with Crippen LogP contribution in [0.5, 0.6) is 0 Å². The van der Waals surface area contributed by atoms with Gasteiger partial charge in [0.05, 0.1) is 11.7 Å². The van der Waals surface area contributed by atoms with Gasteiger partial charge in [-0.05, 0) is 50.6 Å². The van der Waals surface area contributed by atoms with Crippen LogP contribution in [0.4, 0.5) is 10.1 Å².